The number of anilines is 2. The fraction of sp³-hybridized carbons (Fsp3) is 0.545. The number of hydrogen-bond donors (Lipinski definition) is 0. The fourth-order valence-electron chi connectivity index (χ4n) is 4.61. The van der Waals surface area contributed by atoms with E-state index in [-0.39, 0.29) is 5.41 Å². The summed E-state index contributed by atoms with van der Waals surface area (Å²) in [6, 6.07) is 8.72. The van der Waals surface area contributed by atoms with Gasteiger partial charge in [0.2, 0.25) is 5.82 Å². The van der Waals surface area contributed by atoms with Gasteiger partial charge in [-0.25, -0.2) is 4.98 Å². The Hall–Kier alpha value is -2.48. The maximum atomic E-state index is 4.69. The Morgan fingerprint density at radius 2 is 1.73 bits per heavy atom. The van der Waals surface area contributed by atoms with E-state index in [0.717, 1.165) is 42.7 Å². The van der Waals surface area contributed by atoms with Gasteiger partial charge < -0.3 is 9.80 Å². The van der Waals surface area contributed by atoms with E-state index in [2.05, 4.69) is 77.2 Å². The molecule has 4 heterocycles. The molecule has 7 nitrogen and oxygen atoms in total. The highest BCUT2D eigenvalue weighted by Gasteiger charge is 2.41. The maximum absolute atomic E-state index is 4.69. The standard InChI is InChI=1S/C22H29N7S/c1-15-7-5-6-8-18(15)27-10-16-12-28(13-17(16)11-27)21-23-9-19(30-21)20-24-26-29(25-20)14-22(2,3)4/h5-9,16-17H,10-14H2,1-4H3. The van der Waals surface area contributed by atoms with Crippen LogP contribution in [-0.2, 0) is 6.54 Å². The molecule has 0 aliphatic carbocycles. The highest BCUT2D eigenvalue weighted by atomic mass is 32.1. The molecule has 2 aromatic heterocycles. The number of hydrogen-bond acceptors (Lipinski definition) is 7. The van der Waals surface area contributed by atoms with Crippen molar-refractivity contribution in [3.05, 3.63) is 36.0 Å². The third kappa shape index (κ3) is 3.80. The van der Waals surface area contributed by atoms with Crippen LogP contribution in [-0.4, -0.2) is 51.4 Å². The van der Waals surface area contributed by atoms with Crippen molar-refractivity contribution < 1.29 is 0 Å². The van der Waals surface area contributed by atoms with Crippen molar-refractivity contribution in [2.45, 2.75) is 34.2 Å². The van der Waals surface area contributed by atoms with E-state index in [4.69, 9.17) is 4.98 Å². The minimum absolute atomic E-state index is 0.121. The molecule has 5 rings (SSSR count). The van der Waals surface area contributed by atoms with Crippen LogP contribution in [0.15, 0.2) is 30.5 Å². The lowest BCUT2D eigenvalue weighted by Gasteiger charge is -2.24. The van der Waals surface area contributed by atoms with Gasteiger partial charge >= 0.3 is 0 Å². The third-order valence-corrected chi connectivity index (χ3v) is 7.05. The van der Waals surface area contributed by atoms with E-state index in [9.17, 15) is 0 Å². The molecule has 2 saturated heterocycles. The maximum Gasteiger partial charge on any atom is 0.216 e. The highest BCUT2D eigenvalue weighted by Crippen LogP contribution is 2.39. The van der Waals surface area contributed by atoms with Gasteiger partial charge in [-0.2, -0.15) is 4.80 Å². The molecule has 0 bridgehead atoms. The third-order valence-electron chi connectivity index (χ3n) is 6.00. The largest absolute Gasteiger partial charge is 0.371 e. The number of aryl methyl sites for hydroxylation is 1. The molecule has 0 amide bonds. The Labute approximate surface area is 181 Å². The average Bonchev–Trinajstić information content (AvgIpc) is 3.43. The molecule has 3 aromatic rings. The minimum atomic E-state index is 0.121. The SMILES string of the molecule is Cc1ccccc1N1CC2CN(c3ncc(-c4nnn(CC(C)(C)C)n4)s3)CC2C1. The molecule has 30 heavy (non-hydrogen) atoms. The number of thiazole rings is 1. The number of aromatic nitrogens is 5. The molecule has 0 N–H and O–H groups in total. The van der Waals surface area contributed by atoms with Crippen LogP contribution in [0.5, 0.6) is 0 Å². The number of fused-ring (bicyclic) bond motifs is 1. The Morgan fingerprint density at radius 1 is 1.03 bits per heavy atom. The predicted molar refractivity (Wildman–Crippen MR) is 121 cm³/mol. The van der Waals surface area contributed by atoms with Crippen LogP contribution in [0, 0.1) is 24.2 Å². The Balaban J connectivity index is 1.24. The molecule has 0 saturated carbocycles. The first kappa shape index (κ1) is 19.5. The summed E-state index contributed by atoms with van der Waals surface area (Å²) in [5.41, 5.74) is 2.88. The van der Waals surface area contributed by atoms with Crippen LogP contribution >= 0.6 is 11.3 Å². The molecule has 2 unspecified atom stereocenters. The summed E-state index contributed by atoms with van der Waals surface area (Å²) in [6.07, 6.45) is 1.90. The number of tetrazole rings is 1. The van der Waals surface area contributed by atoms with Crippen LogP contribution in [0.4, 0.5) is 10.8 Å². The fourth-order valence-corrected chi connectivity index (χ4v) is 5.47. The van der Waals surface area contributed by atoms with Crippen LogP contribution in [0.3, 0.4) is 0 Å². The number of para-hydroxylation sites is 1. The smallest absolute Gasteiger partial charge is 0.216 e. The zero-order valence-electron chi connectivity index (χ0n) is 18.1. The topological polar surface area (TPSA) is 63.0 Å². The second kappa shape index (κ2) is 7.34. The van der Waals surface area contributed by atoms with Crippen molar-refractivity contribution in [2.75, 3.05) is 36.0 Å². The summed E-state index contributed by atoms with van der Waals surface area (Å²) < 4.78 is 0. The molecule has 8 heteroatoms. The molecular formula is C22H29N7S. The average molecular weight is 424 g/mol. The van der Waals surface area contributed by atoms with E-state index in [1.54, 1.807) is 16.1 Å². The quantitative estimate of drug-likeness (QED) is 0.637. The lowest BCUT2D eigenvalue weighted by atomic mass is 9.97. The van der Waals surface area contributed by atoms with E-state index in [1.165, 1.54) is 11.3 Å². The van der Waals surface area contributed by atoms with Gasteiger partial charge in [-0.15, -0.1) is 10.2 Å². The van der Waals surface area contributed by atoms with Gasteiger partial charge in [0.25, 0.3) is 0 Å². The van der Waals surface area contributed by atoms with E-state index >= 15 is 0 Å². The van der Waals surface area contributed by atoms with Gasteiger partial charge in [0, 0.05) is 43.7 Å². The molecule has 2 fully saturated rings. The van der Waals surface area contributed by atoms with Crippen molar-refractivity contribution in [3.8, 4) is 10.7 Å². The predicted octanol–water partition coefficient (Wildman–Crippen LogP) is 3.72. The molecule has 158 valence electrons. The number of rotatable bonds is 4. The second-order valence-electron chi connectivity index (χ2n) is 9.83. The van der Waals surface area contributed by atoms with Gasteiger partial charge in [0.15, 0.2) is 5.13 Å². The molecule has 0 radical (unpaired) electrons. The summed E-state index contributed by atoms with van der Waals surface area (Å²) >= 11 is 1.68. The van der Waals surface area contributed by atoms with Crippen molar-refractivity contribution in [1.82, 2.24) is 25.2 Å². The van der Waals surface area contributed by atoms with Gasteiger partial charge in [-0.1, -0.05) is 50.3 Å². The van der Waals surface area contributed by atoms with E-state index in [0.29, 0.717) is 17.7 Å². The zero-order valence-corrected chi connectivity index (χ0v) is 18.9. The minimum Gasteiger partial charge on any atom is -0.371 e. The summed E-state index contributed by atoms with van der Waals surface area (Å²) in [5, 5.41) is 14.1. The van der Waals surface area contributed by atoms with Gasteiger partial charge in [-0.05, 0) is 29.2 Å². The first-order valence-corrected chi connectivity index (χ1v) is 11.5. The molecule has 2 atom stereocenters. The van der Waals surface area contributed by atoms with Crippen LogP contribution in [0.2, 0.25) is 0 Å². The second-order valence-corrected chi connectivity index (χ2v) is 10.8. The molecule has 1 aromatic carbocycles. The van der Waals surface area contributed by atoms with E-state index in [1.807, 2.05) is 6.20 Å². The first-order valence-electron chi connectivity index (χ1n) is 10.7. The molecular weight excluding hydrogens is 394 g/mol. The molecule has 2 aliphatic rings. The lowest BCUT2D eigenvalue weighted by Crippen LogP contribution is -2.28. The van der Waals surface area contributed by atoms with Gasteiger partial charge in [-0.3, -0.25) is 0 Å². The van der Waals surface area contributed by atoms with Crippen LogP contribution in [0.25, 0.3) is 10.7 Å². The highest BCUT2D eigenvalue weighted by molar-refractivity contribution is 7.18. The Kier molecular flexibility index (Phi) is 4.76. The summed E-state index contributed by atoms with van der Waals surface area (Å²) in [7, 11) is 0. The van der Waals surface area contributed by atoms with E-state index < -0.39 is 0 Å². The summed E-state index contributed by atoms with van der Waals surface area (Å²) in [6.45, 7) is 13.9. The van der Waals surface area contributed by atoms with Gasteiger partial charge in [0.05, 0.1) is 17.6 Å². The number of benzene rings is 1. The zero-order chi connectivity index (χ0) is 20.9. The molecule has 0 spiro atoms. The normalized spacial score (nSPS) is 21.5. The summed E-state index contributed by atoms with van der Waals surface area (Å²) in [4.78, 5) is 12.4. The summed E-state index contributed by atoms with van der Waals surface area (Å²) in [5.74, 6) is 2.07. The Morgan fingerprint density at radius 3 is 2.43 bits per heavy atom. The van der Waals surface area contributed by atoms with Crippen molar-refractivity contribution in [2.24, 2.45) is 17.3 Å². The number of nitrogens with zero attached hydrogens (tertiary/aromatic N) is 7. The van der Waals surface area contributed by atoms with Crippen LogP contribution < -0.4 is 9.80 Å². The Bertz CT molecular complexity index is 1020. The monoisotopic (exact) mass is 423 g/mol. The van der Waals surface area contributed by atoms with Gasteiger partial charge in [0.1, 0.15) is 0 Å². The van der Waals surface area contributed by atoms with Crippen molar-refractivity contribution >= 4 is 22.2 Å². The molecule has 2 aliphatic heterocycles. The van der Waals surface area contributed by atoms with Crippen molar-refractivity contribution in [1.29, 1.82) is 0 Å². The first-order chi connectivity index (χ1) is 14.4. The van der Waals surface area contributed by atoms with Crippen molar-refractivity contribution in [3.63, 3.8) is 0 Å². The van der Waals surface area contributed by atoms with Crippen LogP contribution in [0.1, 0.15) is 26.3 Å². The lowest BCUT2D eigenvalue weighted by molar-refractivity contribution is 0.300.